The molecule has 0 saturated carbocycles. The van der Waals surface area contributed by atoms with E-state index < -0.39 is 0 Å². The fourth-order valence-corrected chi connectivity index (χ4v) is 3.51. The van der Waals surface area contributed by atoms with Gasteiger partial charge in [0.2, 0.25) is 5.91 Å². The van der Waals surface area contributed by atoms with Gasteiger partial charge < -0.3 is 10.1 Å². The first-order valence-electron chi connectivity index (χ1n) is 10.3. The molecule has 7 heteroatoms. The van der Waals surface area contributed by atoms with E-state index in [1.165, 1.54) is 0 Å². The molecule has 2 aromatic carbocycles. The van der Waals surface area contributed by atoms with Crippen molar-refractivity contribution in [3.8, 4) is 5.75 Å². The Morgan fingerprint density at radius 3 is 2.66 bits per heavy atom. The van der Waals surface area contributed by atoms with Crippen LogP contribution in [0.5, 0.6) is 5.75 Å². The molecule has 0 aliphatic carbocycles. The summed E-state index contributed by atoms with van der Waals surface area (Å²) in [7, 11) is 0. The van der Waals surface area contributed by atoms with Crippen molar-refractivity contribution in [2.45, 2.75) is 26.5 Å². The minimum absolute atomic E-state index is 0.141. The summed E-state index contributed by atoms with van der Waals surface area (Å²) in [5.74, 6) is 1.11. The molecule has 4 rings (SSSR count). The molecule has 0 saturated heterocycles. The smallest absolute Gasteiger partial charge is 0.230 e. The number of anilines is 1. The van der Waals surface area contributed by atoms with Crippen molar-refractivity contribution in [3.63, 3.8) is 0 Å². The van der Waals surface area contributed by atoms with Crippen LogP contribution in [-0.2, 0) is 24.4 Å². The lowest BCUT2D eigenvalue weighted by atomic mass is 10.2. The maximum absolute atomic E-state index is 12.4. The van der Waals surface area contributed by atoms with E-state index in [1.54, 1.807) is 12.4 Å². The number of halogens is 1. The fraction of sp³-hybridized carbons (Fsp3) is 0.160. The molecule has 1 N–H and O–H groups in total. The molecule has 0 spiro atoms. The molecule has 0 aliphatic heterocycles. The van der Waals surface area contributed by atoms with Crippen molar-refractivity contribution < 1.29 is 9.53 Å². The zero-order valence-electron chi connectivity index (χ0n) is 17.7. The third kappa shape index (κ3) is 5.74. The Balaban J connectivity index is 1.45. The Bertz CT molecular complexity index is 1190. The van der Waals surface area contributed by atoms with Crippen molar-refractivity contribution in [1.29, 1.82) is 0 Å². The average Bonchev–Trinajstić information content (AvgIpc) is 3.13. The number of carbonyl (C=O) groups is 1. The lowest BCUT2D eigenvalue weighted by Gasteiger charge is -2.13. The fourth-order valence-electron chi connectivity index (χ4n) is 3.32. The summed E-state index contributed by atoms with van der Waals surface area (Å²) in [6.07, 6.45) is 3.60. The van der Waals surface area contributed by atoms with Crippen LogP contribution in [0.4, 0.5) is 5.82 Å². The van der Waals surface area contributed by atoms with Crippen LogP contribution in [0.25, 0.3) is 0 Å². The summed E-state index contributed by atoms with van der Waals surface area (Å²) in [6, 6.07) is 21.1. The molecule has 0 unspecified atom stereocenters. The van der Waals surface area contributed by atoms with Gasteiger partial charge in [0.25, 0.3) is 0 Å². The second-order valence-corrected chi connectivity index (χ2v) is 7.88. The van der Waals surface area contributed by atoms with E-state index in [0.29, 0.717) is 24.0 Å². The number of nitrogens with zero attached hydrogens (tertiary/aromatic N) is 3. The number of nitrogens with one attached hydrogen (secondary N) is 1. The third-order valence-electron chi connectivity index (χ3n) is 4.92. The molecule has 4 aromatic rings. The first kappa shape index (κ1) is 21.6. The summed E-state index contributed by atoms with van der Waals surface area (Å²) in [5.41, 5.74) is 3.76. The molecule has 1 amide bonds. The molecule has 32 heavy (non-hydrogen) atoms. The van der Waals surface area contributed by atoms with Crippen molar-refractivity contribution in [2.75, 3.05) is 5.32 Å². The van der Waals surface area contributed by atoms with Gasteiger partial charge in [-0.1, -0.05) is 48.0 Å². The van der Waals surface area contributed by atoms with Gasteiger partial charge in [-0.2, -0.15) is 5.10 Å². The molecule has 6 nitrogen and oxygen atoms in total. The van der Waals surface area contributed by atoms with Gasteiger partial charge in [-0.25, -0.2) is 0 Å². The molecular formula is C25H23ClN4O2. The van der Waals surface area contributed by atoms with Crippen molar-refractivity contribution >= 4 is 23.3 Å². The molecule has 0 radical (unpaired) electrons. The molecule has 0 fully saturated rings. The Morgan fingerprint density at radius 1 is 1.06 bits per heavy atom. The van der Waals surface area contributed by atoms with E-state index in [0.717, 1.165) is 28.1 Å². The van der Waals surface area contributed by atoms with E-state index in [1.807, 2.05) is 78.3 Å². The number of carbonyl (C=O) groups excluding carboxylic acids is 1. The normalized spacial score (nSPS) is 10.7. The van der Waals surface area contributed by atoms with Gasteiger partial charge in [0.1, 0.15) is 12.4 Å². The zero-order valence-corrected chi connectivity index (χ0v) is 18.4. The van der Waals surface area contributed by atoms with Crippen molar-refractivity contribution in [3.05, 3.63) is 107 Å². The standard InChI is InChI=1S/C25H23ClN4O2/c1-18-12-24(28-25(31)13-20-8-5-11-27-15-20)29-30(18)16-21-14-22(26)9-10-23(21)32-17-19-6-3-2-4-7-19/h2-12,14-15H,13,16-17H2,1H3,(H,28,29,31). The van der Waals surface area contributed by atoms with Gasteiger partial charge in [0, 0.05) is 34.7 Å². The highest BCUT2D eigenvalue weighted by molar-refractivity contribution is 6.30. The van der Waals surface area contributed by atoms with E-state index in [-0.39, 0.29) is 12.3 Å². The molecule has 2 heterocycles. The number of rotatable bonds is 8. The number of aryl methyl sites for hydroxylation is 1. The third-order valence-corrected chi connectivity index (χ3v) is 5.15. The summed E-state index contributed by atoms with van der Waals surface area (Å²) >= 11 is 6.24. The number of aromatic nitrogens is 3. The van der Waals surface area contributed by atoms with Crippen molar-refractivity contribution in [1.82, 2.24) is 14.8 Å². The number of amides is 1. The first-order valence-corrected chi connectivity index (χ1v) is 10.6. The summed E-state index contributed by atoms with van der Waals surface area (Å²) in [6.45, 7) is 2.87. The summed E-state index contributed by atoms with van der Waals surface area (Å²) in [4.78, 5) is 16.4. The number of ether oxygens (including phenoxy) is 1. The van der Waals surface area contributed by atoms with E-state index >= 15 is 0 Å². The molecular weight excluding hydrogens is 424 g/mol. The van der Waals surface area contributed by atoms with Crippen LogP contribution >= 0.6 is 11.6 Å². The van der Waals surface area contributed by atoms with E-state index in [4.69, 9.17) is 16.3 Å². The summed E-state index contributed by atoms with van der Waals surface area (Å²) < 4.78 is 7.87. The highest BCUT2D eigenvalue weighted by Crippen LogP contribution is 2.25. The maximum Gasteiger partial charge on any atom is 0.230 e. The van der Waals surface area contributed by atoms with Gasteiger partial charge in [0.15, 0.2) is 5.82 Å². The second kappa shape index (κ2) is 10.1. The predicted molar refractivity (Wildman–Crippen MR) is 125 cm³/mol. The van der Waals surface area contributed by atoms with Gasteiger partial charge in [-0.3, -0.25) is 14.5 Å². The highest BCUT2D eigenvalue weighted by Gasteiger charge is 2.12. The lowest BCUT2D eigenvalue weighted by Crippen LogP contribution is -2.15. The van der Waals surface area contributed by atoms with Crippen LogP contribution in [-0.4, -0.2) is 20.7 Å². The first-order chi connectivity index (χ1) is 15.6. The Labute approximate surface area is 191 Å². The van der Waals surface area contributed by atoms with Gasteiger partial charge in [-0.05, 0) is 42.3 Å². The average molecular weight is 447 g/mol. The summed E-state index contributed by atoms with van der Waals surface area (Å²) in [5, 5.41) is 8.03. The SMILES string of the molecule is Cc1cc(NC(=O)Cc2cccnc2)nn1Cc1cc(Cl)ccc1OCc1ccccc1. The zero-order chi connectivity index (χ0) is 22.3. The second-order valence-electron chi connectivity index (χ2n) is 7.44. The minimum Gasteiger partial charge on any atom is -0.489 e. The molecule has 162 valence electrons. The topological polar surface area (TPSA) is 69.0 Å². The highest BCUT2D eigenvalue weighted by atomic mass is 35.5. The number of hydrogen-bond acceptors (Lipinski definition) is 4. The predicted octanol–water partition coefficient (Wildman–Crippen LogP) is 5.05. The maximum atomic E-state index is 12.4. The van der Waals surface area contributed by atoms with Crippen molar-refractivity contribution in [2.24, 2.45) is 0 Å². The van der Waals surface area contributed by atoms with Crippen LogP contribution in [0, 0.1) is 6.92 Å². The molecule has 0 bridgehead atoms. The molecule has 0 atom stereocenters. The molecule has 0 aliphatic rings. The Morgan fingerprint density at radius 2 is 1.88 bits per heavy atom. The Hall–Kier alpha value is -3.64. The lowest BCUT2D eigenvalue weighted by molar-refractivity contribution is -0.115. The number of pyridine rings is 1. The van der Waals surface area contributed by atoms with Gasteiger partial charge in [0.05, 0.1) is 13.0 Å². The number of hydrogen-bond donors (Lipinski definition) is 1. The number of benzene rings is 2. The van der Waals surface area contributed by atoms with Crippen LogP contribution < -0.4 is 10.1 Å². The van der Waals surface area contributed by atoms with Crippen LogP contribution in [0.1, 0.15) is 22.4 Å². The monoisotopic (exact) mass is 446 g/mol. The van der Waals surface area contributed by atoms with Gasteiger partial charge >= 0.3 is 0 Å². The minimum atomic E-state index is -0.141. The van der Waals surface area contributed by atoms with E-state index in [2.05, 4.69) is 15.4 Å². The Kier molecular flexibility index (Phi) is 6.82. The van der Waals surface area contributed by atoms with E-state index in [9.17, 15) is 4.79 Å². The largest absolute Gasteiger partial charge is 0.489 e. The molecule has 2 aromatic heterocycles. The van der Waals surface area contributed by atoms with Crippen LogP contribution in [0.3, 0.4) is 0 Å². The quantitative estimate of drug-likeness (QED) is 0.411. The van der Waals surface area contributed by atoms with Crippen LogP contribution in [0.15, 0.2) is 79.1 Å². The van der Waals surface area contributed by atoms with Crippen LogP contribution in [0.2, 0.25) is 5.02 Å². The van der Waals surface area contributed by atoms with Gasteiger partial charge in [-0.15, -0.1) is 0 Å².